The second-order valence-corrected chi connectivity index (χ2v) is 8.14. The highest BCUT2D eigenvalue weighted by Gasteiger charge is 2.15. The Kier molecular flexibility index (Phi) is 10.2. The number of thioether (sulfide) groups is 1. The molecule has 7 nitrogen and oxygen atoms in total. The molecule has 1 unspecified atom stereocenters. The smallest absolute Gasteiger partial charge is 0.411 e. The van der Waals surface area contributed by atoms with Crippen molar-refractivity contribution in [1.82, 2.24) is 5.32 Å². The molecule has 2 N–H and O–H groups in total. The van der Waals surface area contributed by atoms with E-state index in [4.69, 9.17) is 14.2 Å². The Morgan fingerprint density at radius 2 is 1.90 bits per heavy atom. The van der Waals surface area contributed by atoms with Gasteiger partial charge in [-0.3, -0.25) is 5.32 Å². The summed E-state index contributed by atoms with van der Waals surface area (Å²) in [4.78, 5) is 24.0. The summed E-state index contributed by atoms with van der Waals surface area (Å²) >= 11 is 5.51. The van der Waals surface area contributed by atoms with Crippen LogP contribution in [0.1, 0.15) is 17.5 Å². The Hall–Kier alpha value is -2.52. The first-order chi connectivity index (χ1) is 14.5. The molecule has 2 amide bonds. The normalized spacial score (nSPS) is 11.3. The molecule has 0 spiro atoms. The molecule has 2 aromatic rings. The van der Waals surface area contributed by atoms with Gasteiger partial charge in [0.1, 0.15) is 5.75 Å². The van der Waals surface area contributed by atoms with Crippen molar-refractivity contribution in [2.75, 3.05) is 24.1 Å². The lowest BCUT2D eigenvalue weighted by Gasteiger charge is -2.17. The van der Waals surface area contributed by atoms with Crippen LogP contribution in [0.5, 0.6) is 5.75 Å². The van der Waals surface area contributed by atoms with Gasteiger partial charge in [-0.15, -0.1) is 11.8 Å². The number of benzene rings is 2. The van der Waals surface area contributed by atoms with E-state index in [2.05, 4.69) is 23.3 Å². The maximum atomic E-state index is 12.1. The zero-order valence-electron chi connectivity index (χ0n) is 16.9. The number of nitrogens with one attached hydrogen (secondary N) is 2. The molecule has 0 aliphatic rings. The highest BCUT2D eigenvalue weighted by molar-refractivity contribution is 8.09. The number of carbonyl (C=O) groups excluding carboxylic acids is 2. The van der Waals surface area contributed by atoms with Crippen LogP contribution >= 0.6 is 24.4 Å². The number of anilines is 1. The molecule has 162 valence electrons. The first kappa shape index (κ1) is 23.8. The molecular weight excluding hydrogens is 424 g/mol. The number of aryl methyl sites for hydroxylation is 1. The van der Waals surface area contributed by atoms with E-state index in [1.165, 1.54) is 11.8 Å². The number of carbonyl (C=O) groups is 2. The fourth-order valence-electron chi connectivity index (χ4n) is 2.49. The van der Waals surface area contributed by atoms with Crippen molar-refractivity contribution in [3.05, 3.63) is 59.7 Å². The zero-order chi connectivity index (χ0) is 21.8. The number of hydrogen-bond donors (Lipinski definition) is 3. The van der Waals surface area contributed by atoms with Crippen LogP contribution in [0, 0.1) is 6.92 Å². The van der Waals surface area contributed by atoms with Gasteiger partial charge in [0.15, 0.2) is 5.44 Å². The average Bonchev–Trinajstić information content (AvgIpc) is 2.73. The Morgan fingerprint density at radius 1 is 1.13 bits per heavy atom. The number of alkyl carbamates (subject to hydrolysis) is 1. The molecule has 0 aliphatic carbocycles. The monoisotopic (exact) mass is 450 g/mol. The van der Waals surface area contributed by atoms with E-state index >= 15 is 0 Å². The fourth-order valence-corrected chi connectivity index (χ4v) is 3.58. The van der Waals surface area contributed by atoms with Gasteiger partial charge >= 0.3 is 12.2 Å². The van der Waals surface area contributed by atoms with Gasteiger partial charge in [-0.1, -0.05) is 29.8 Å². The van der Waals surface area contributed by atoms with Gasteiger partial charge in [0.2, 0.25) is 0 Å². The first-order valence-corrected chi connectivity index (χ1v) is 11.0. The van der Waals surface area contributed by atoms with Crippen LogP contribution in [0.4, 0.5) is 15.3 Å². The second kappa shape index (κ2) is 12.9. The standard InChI is InChI=1S/C21H26N2O5S2/c1-15-4-3-5-16(12-15)13-22-20(24)28-19(30-14-29)10-11-27-21(25)23-17-6-8-18(26-2)9-7-17/h3-9,12,19,29H,10-11,13-14H2,1-2H3,(H,22,24)(H,23,25). The molecule has 0 saturated heterocycles. The van der Waals surface area contributed by atoms with E-state index in [0.29, 0.717) is 29.5 Å². The molecule has 0 aromatic heterocycles. The Balaban J connectivity index is 1.71. The molecule has 0 bridgehead atoms. The molecule has 0 radical (unpaired) electrons. The minimum Gasteiger partial charge on any atom is -0.497 e. The Bertz CT molecular complexity index is 817. The topological polar surface area (TPSA) is 85.9 Å². The lowest BCUT2D eigenvalue weighted by Crippen LogP contribution is -2.28. The molecule has 2 rings (SSSR count). The number of rotatable bonds is 10. The lowest BCUT2D eigenvalue weighted by atomic mass is 10.1. The van der Waals surface area contributed by atoms with Gasteiger partial charge in [-0.05, 0) is 36.8 Å². The van der Waals surface area contributed by atoms with Gasteiger partial charge in [0.25, 0.3) is 0 Å². The zero-order valence-corrected chi connectivity index (χ0v) is 18.6. The number of methoxy groups -OCH3 is 1. The van der Waals surface area contributed by atoms with E-state index < -0.39 is 17.6 Å². The number of thiol groups is 1. The third kappa shape index (κ3) is 8.87. The molecule has 0 heterocycles. The molecular formula is C21H26N2O5S2. The maximum Gasteiger partial charge on any atom is 0.411 e. The number of hydrogen-bond acceptors (Lipinski definition) is 7. The summed E-state index contributed by atoms with van der Waals surface area (Å²) in [6.45, 7) is 2.46. The van der Waals surface area contributed by atoms with E-state index in [0.717, 1.165) is 11.1 Å². The molecule has 9 heteroatoms. The number of ether oxygens (including phenoxy) is 3. The van der Waals surface area contributed by atoms with Crippen LogP contribution in [0.15, 0.2) is 48.5 Å². The molecule has 1 atom stereocenters. The molecule has 30 heavy (non-hydrogen) atoms. The summed E-state index contributed by atoms with van der Waals surface area (Å²) in [5.41, 5.74) is 2.22. The first-order valence-electron chi connectivity index (χ1n) is 9.30. The predicted molar refractivity (Wildman–Crippen MR) is 122 cm³/mol. The summed E-state index contributed by atoms with van der Waals surface area (Å²) < 4.78 is 15.6. The van der Waals surface area contributed by atoms with Crippen molar-refractivity contribution in [3.8, 4) is 5.75 Å². The Morgan fingerprint density at radius 3 is 2.57 bits per heavy atom. The van der Waals surface area contributed by atoms with Crippen molar-refractivity contribution in [1.29, 1.82) is 0 Å². The Labute approximate surface area is 186 Å². The predicted octanol–water partition coefficient (Wildman–Crippen LogP) is 4.82. The maximum absolute atomic E-state index is 12.1. The van der Waals surface area contributed by atoms with Gasteiger partial charge in [-0.2, -0.15) is 12.6 Å². The largest absolute Gasteiger partial charge is 0.497 e. The molecule has 2 aromatic carbocycles. The molecule has 0 aliphatic heterocycles. The van der Waals surface area contributed by atoms with Crippen molar-refractivity contribution < 1.29 is 23.8 Å². The summed E-state index contributed by atoms with van der Waals surface area (Å²) in [6.07, 6.45) is -0.767. The van der Waals surface area contributed by atoms with E-state index in [-0.39, 0.29) is 6.61 Å². The highest BCUT2D eigenvalue weighted by atomic mass is 32.2. The van der Waals surface area contributed by atoms with E-state index in [1.54, 1.807) is 31.4 Å². The second-order valence-electron chi connectivity index (χ2n) is 6.25. The van der Waals surface area contributed by atoms with Crippen molar-refractivity contribution in [2.45, 2.75) is 25.3 Å². The van der Waals surface area contributed by atoms with Crippen molar-refractivity contribution in [2.24, 2.45) is 0 Å². The van der Waals surface area contributed by atoms with Crippen LogP contribution in [0.2, 0.25) is 0 Å². The van der Waals surface area contributed by atoms with Gasteiger partial charge in [0.05, 0.1) is 13.7 Å². The van der Waals surface area contributed by atoms with Crippen molar-refractivity contribution in [3.63, 3.8) is 0 Å². The minimum absolute atomic E-state index is 0.0958. The van der Waals surface area contributed by atoms with Crippen molar-refractivity contribution >= 4 is 42.3 Å². The highest BCUT2D eigenvalue weighted by Crippen LogP contribution is 2.18. The van der Waals surface area contributed by atoms with Crippen LogP contribution in [0.25, 0.3) is 0 Å². The van der Waals surface area contributed by atoms with E-state index in [9.17, 15) is 9.59 Å². The fraction of sp³-hybridized carbons (Fsp3) is 0.333. The average molecular weight is 451 g/mol. The van der Waals surface area contributed by atoms with E-state index in [1.807, 2.05) is 31.2 Å². The van der Waals surface area contributed by atoms with Gasteiger partial charge in [0, 0.05) is 23.7 Å². The molecule has 0 fully saturated rings. The third-order valence-corrected chi connectivity index (χ3v) is 5.24. The summed E-state index contributed by atoms with van der Waals surface area (Å²) in [6, 6.07) is 14.7. The van der Waals surface area contributed by atoms with Gasteiger partial charge < -0.3 is 19.5 Å². The summed E-state index contributed by atoms with van der Waals surface area (Å²) in [7, 11) is 1.57. The van der Waals surface area contributed by atoms with Crippen LogP contribution in [-0.2, 0) is 16.0 Å². The summed E-state index contributed by atoms with van der Waals surface area (Å²) in [5.74, 6) is 0.693. The third-order valence-electron chi connectivity index (χ3n) is 3.94. The minimum atomic E-state index is -0.585. The lowest BCUT2D eigenvalue weighted by molar-refractivity contribution is 0.112. The van der Waals surface area contributed by atoms with Crippen LogP contribution in [-0.4, -0.2) is 36.4 Å². The number of amides is 2. The summed E-state index contributed by atoms with van der Waals surface area (Å²) in [5, 5.41) is 5.82. The quantitative estimate of drug-likeness (QED) is 0.356. The van der Waals surface area contributed by atoms with Gasteiger partial charge in [-0.25, -0.2) is 9.59 Å². The van der Waals surface area contributed by atoms with Crippen LogP contribution in [0.3, 0.4) is 0 Å². The SMILES string of the molecule is COc1ccc(NC(=O)OCCC(OC(=O)NCc2cccc(C)c2)SCS)cc1. The van der Waals surface area contributed by atoms with Crippen LogP contribution < -0.4 is 15.4 Å². The molecule has 0 saturated carbocycles.